The Morgan fingerprint density at radius 2 is 2.19 bits per heavy atom. The molecule has 0 aromatic rings. The van der Waals surface area contributed by atoms with Gasteiger partial charge >= 0.3 is 0 Å². The quantitative estimate of drug-likeness (QED) is 0.776. The Hall–Kier alpha value is -0.900. The predicted octanol–water partition coefficient (Wildman–Crippen LogP) is 0.954. The summed E-state index contributed by atoms with van der Waals surface area (Å²) in [6.07, 6.45) is 2.92. The highest BCUT2D eigenvalue weighted by molar-refractivity contribution is 5.87. The Bertz CT molecular complexity index is 264. The third-order valence-electron chi connectivity index (χ3n) is 2.73. The summed E-state index contributed by atoms with van der Waals surface area (Å²) in [4.78, 5) is 24.9. The van der Waals surface area contributed by atoms with Gasteiger partial charge in [-0.25, -0.2) is 0 Å². The number of hydrogen-bond donors (Lipinski definition) is 1. The van der Waals surface area contributed by atoms with Gasteiger partial charge in [0.2, 0.25) is 5.91 Å². The van der Waals surface area contributed by atoms with Crippen LogP contribution in [0.4, 0.5) is 0 Å². The van der Waals surface area contributed by atoms with Crippen LogP contribution in [-0.4, -0.2) is 41.8 Å². The van der Waals surface area contributed by atoms with E-state index in [1.165, 1.54) is 6.92 Å². The van der Waals surface area contributed by atoms with Crippen LogP contribution in [0, 0.1) is 0 Å². The fourth-order valence-corrected chi connectivity index (χ4v) is 2.09. The first-order valence-electron chi connectivity index (χ1n) is 6.05. The Labute approximate surface area is 97.4 Å². The number of amides is 1. The van der Waals surface area contributed by atoms with Crippen molar-refractivity contribution in [3.63, 3.8) is 0 Å². The summed E-state index contributed by atoms with van der Waals surface area (Å²) >= 11 is 0. The molecule has 0 radical (unpaired) electrons. The molecule has 1 aliphatic rings. The molecule has 1 rings (SSSR count). The summed E-state index contributed by atoms with van der Waals surface area (Å²) in [6, 6.07) is 0.188. The van der Waals surface area contributed by atoms with Gasteiger partial charge in [-0.1, -0.05) is 13.8 Å². The molecular weight excluding hydrogens is 204 g/mol. The average Bonchev–Trinajstić information content (AvgIpc) is 2.31. The molecule has 0 aromatic heterocycles. The summed E-state index contributed by atoms with van der Waals surface area (Å²) in [5, 5.41) is 3.27. The molecule has 0 spiro atoms. The smallest absolute Gasteiger partial charge is 0.240 e. The Morgan fingerprint density at radius 3 is 2.75 bits per heavy atom. The molecule has 4 nitrogen and oxygen atoms in total. The molecule has 1 atom stereocenters. The second kappa shape index (κ2) is 5.99. The van der Waals surface area contributed by atoms with E-state index in [2.05, 4.69) is 5.32 Å². The number of likely N-dealkylation sites (tertiary alicyclic amines) is 1. The first-order valence-corrected chi connectivity index (χ1v) is 6.05. The molecular formula is C12H22N2O2. The van der Waals surface area contributed by atoms with E-state index < -0.39 is 0 Å². The van der Waals surface area contributed by atoms with Crippen molar-refractivity contribution >= 4 is 11.7 Å². The van der Waals surface area contributed by atoms with Gasteiger partial charge in [0.1, 0.15) is 5.78 Å². The minimum Gasteiger partial charge on any atom is -0.334 e. The van der Waals surface area contributed by atoms with Crippen molar-refractivity contribution in [2.75, 3.05) is 13.1 Å². The Kier molecular flexibility index (Phi) is 4.93. The lowest BCUT2D eigenvalue weighted by Gasteiger charge is -2.25. The van der Waals surface area contributed by atoms with E-state index in [-0.39, 0.29) is 24.3 Å². The largest absolute Gasteiger partial charge is 0.334 e. The molecule has 1 fully saturated rings. The zero-order valence-electron chi connectivity index (χ0n) is 10.5. The molecule has 0 saturated carbocycles. The maximum atomic E-state index is 12.1. The molecule has 16 heavy (non-hydrogen) atoms. The molecule has 0 unspecified atom stereocenters. The highest BCUT2D eigenvalue weighted by Gasteiger charge is 2.27. The van der Waals surface area contributed by atoms with Crippen LogP contribution in [0.2, 0.25) is 0 Å². The fraction of sp³-hybridized carbons (Fsp3) is 0.833. The normalized spacial score (nSPS) is 22.4. The monoisotopic (exact) mass is 226 g/mol. The molecule has 0 bridgehead atoms. The number of hydrogen-bond acceptors (Lipinski definition) is 3. The van der Waals surface area contributed by atoms with E-state index in [0.29, 0.717) is 12.6 Å². The number of carbonyl (C=O) groups is 2. The van der Waals surface area contributed by atoms with Crippen molar-refractivity contribution in [2.24, 2.45) is 0 Å². The van der Waals surface area contributed by atoms with Crippen molar-refractivity contribution in [3.05, 3.63) is 0 Å². The van der Waals surface area contributed by atoms with Crippen LogP contribution in [0.1, 0.15) is 40.0 Å². The maximum absolute atomic E-state index is 12.1. The van der Waals surface area contributed by atoms with Gasteiger partial charge in [0.25, 0.3) is 0 Å². The number of Topliss-reactive ketones (excluding diaryl/α,β-unsaturated/α-hetero) is 1. The van der Waals surface area contributed by atoms with Crippen LogP contribution in [0.5, 0.6) is 0 Å². The number of rotatable bonds is 4. The highest BCUT2D eigenvalue weighted by atomic mass is 16.2. The first-order chi connectivity index (χ1) is 7.50. The van der Waals surface area contributed by atoms with Gasteiger partial charge in [0.15, 0.2) is 0 Å². The van der Waals surface area contributed by atoms with Gasteiger partial charge in [0.05, 0.1) is 12.6 Å². The SMILES string of the molecule is CC(=O)CN1CCCC[C@H](NC(C)C)C1=O. The van der Waals surface area contributed by atoms with Crippen LogP contribution in [0.25, 0.3) is 0 Å². The van der Waals surface area contributed by atoms with Crippen molar-refractivity contribution in [1.29, 1.82) is 0 Å². The second-order valence-corrected chi connectivity index (χ2v) is 4.83. The Balaban J connectivity index is 2.64. The van der Waals surface area contributed by atoms with Gasteiger partial charge < -0.3 is 10.2 Å². The molecule has 1 saturated heterocycles. The molecule has 1 N–H and O–H groups in total. The van der Waals surface area contributed by atoms with E-state index in [0.717, 1.165) is 19.3 Å². The van der Waals surface area contributed by atoms with Crippen molar-refractivity contribution in [3.8, 4) is 0 Å². The van der Waals surface area contributed by atoms with Crippen molar-refractivity contribution in [2.45, 2.75) is 52.1 Å². The third-order valence-corrected chi connectivity index (χ3v) is 2.73. The van der Waals surface area contributed by atoms with Crippen LogP contribution in [0.15, 0.2) is 0 Å². The summed E-state index contributed by atoms with van der Waals surface area (Å²) < 4.78 is 0. The van der Waals surface area contributed by atoms with E-state index in [1.807, 2.05) is 13.8 Å². The van der Waals surface area contributed by atoms with E-state index in [4.69, 9.17) is 0 Å². The minimum absolute atomic E-state index is 0.0542. The highest BCUT2D eigenvalue weighted by Crippen LogP contribution is 2.12. The van der Waals surface area contributed by atoms with Crippen molar-refractivity contribution in [1.82, 2.24) is 10.2 Å². The van der Waals surface area contributed by atoms with E-state index >= 15 is 0 Å². The minimum atomic E-state index is -0.109. The van der Waals surface area contributed by atoms with Gasteiger partial charge in [-0.05, 0) is 26.2 Å². The molecule has 4 heteroatoms. The van der Waals surface area contributed by atoms with Gasteiger partial charge in [0, 0.05) is 12.6 Å². The van der Waals surface area contributed by atoms with Crippen LogP contribution in [0.3, 0.4) is 0 Å². The maximum Gasteiger partial charge on any atom is 0.240 e. The fourth-order valence-electron chi connectivity index (χ4n) is 2.09. The number of carbonyl (C=O) groups excluding carboxylic acids is 2. The average molecular weight is 226 g/mol. The van der Waals surface area contributed by atoms with E-state index in [9.17, 15) is 9.59 Å². The number of ketones is 1. The zero-order valence-corrected chi connectivity index (χ0v) is 10.5. The van der Waals surface area contributed by atoms with Crippen LogP contribution < -0.4 is 5.32 Å². The zero-order chi connectivity index (χ0) is 12.1. The van der Waals surface area contributed by atoms with Crippen molar-refractivity contribution < 1.29 is 9.59 Å². The lowest BCUT2D eigenvalue weighted by molar-refractivity contribution is -0.136. The molecule has 92 valence electrons. The molecule has 0 aromatic carbocycles. The summed E-state index contributed by atoms with van der Waals surface area (Å²) in [6.45, 7) is 6.58. The lowest BCUT2D eigenvalue weighted by Crippen LogP contribution is -2.48. The summed E-state index contributed by atoms with van der Waals surface area (Å²) in [5.41, 5.74) is 0. The predicted molar refractivity (Wildman–Crippen MR) is 63.2 cm³/mol. The van der Waals surface area contributed by atoms with E-state index in [1.54, 1.807) is 4.90 Å². The first kappa shape index (κ1) is 13.2. The summed E-state index contributed by atoms with van der Waals surface area (Å²) in [5.74, 6) is 0.139. The van der Waals surface area contributed by atoms with Crippen LogP contribution in [-0.2, 0) is 9.59 Å². The third kappa shape index (κ3) is 3.93. The molecule has 0 aliphatic carbocycles. The van der Waals surface area contributed by atoms with Gasteiger partial charge in [-0.15, -0.1) is 0 Å². The molecule has 1 heterocycles. The molecule has 1 amide bonds. The number of nitrogens with one attached hydrogen (secondary N) is 1. The van der Waals surface area contributed by atoms with Gasteiger partial charge in [-0.2, -0.15) is 0 Å². The lowest BCUT2D eigenvalue weighted by atomic mass is 10.1. The van der Waals surface area contributed by atoms with Crippen LogP contribution >= 0.6 is 0 Å². The topological polar surface area (TPSA) is 49.4 Å². The standard InChI is InChI=1S/C12H22N2O2/c1-9(2)13-11-6-4-5-7-14(12(11)16)8-10(3)15/h9,11,13H,4-8H2,1-3H3/t11-/m0/s1. The second-order valence-electron chi connectivity index (χ2n) is 4.83. The number of nitrogens with zero attached hydrogens (tertiary/aromatic N) is 1. The Morgan fingerprint density at radius 1 is 1.50 bits per heavy atom. The summed E-state index contributed by atoms with van der Waals surface area (Å²) in [7, 11) is 0. The molecule has 1 aliphatic heterocycles. The van der Waals surface area contributed by atoms with Gasteiger partial charge in [-0.3, -0.25) is 9.59 Å².